The predicted octanol–water partition coefficient (Wildman–Crippen LogP) is 1.45. The van der Waals surface area contributed by atoms with Crippen LogP contribution in [-0.2, 0) is 9.53 Å². The Labute approximate surface area is 104 Å². The van der Waals surface area contributed by atoms with Crippen molar-refractivity contribution in [3.05, 3.63) is 0 Å². The number of carbonyl (C=O) groups is 1. The minimum Gasteiger partial charge on any atom is -0.377 e. The fourth-order valence-electron chi connectivity index (χ4n) is 2.07. The van der Waals surface area contributed by atoms with Crippen molar-refractivity contribution in [1.82, 2.24) is 10.6 Å². The van der Waals surface area contributed by atoms with Crippen LogP contribution in [0.1, 0.15) is 46.0 Å². The van der Waals surface area contributed by atoms with Crippen LogP contribution in [-0.4, -0.2) is 37.7 Å². The maximum atomic E-state index is 11.3. The van der Waals surface area contributed by atoms with E-state index in [0.717, 1.165) is 19.7 Å². The van der Waals surface area contributed by atoms with Gasteiger partial charge in [0.05, 0.1) is 12.7 Å². The van der Waals surface area contributed by atoms with Crippen LogP contribution in [0.2, 0.25) is 0 Å². The third kappa shape index (κ3) is 7.34. The zero-order valence-corrected chi connectivity index (χ0v) is 11.1. The van der Waals surface area contributed by atoms with Crippen molar-refractivity contribution in [2.24, 2.45) is 0 Å². The Bertz CT molecular complexity index is 213. The molecule has 0 heterocycles. The molecule has 0 aliphatic heterocycles. The van der Waals surface area contributed by atoms with Crippen LogP contribution in [0.3, 0.4) is 0 Å². The smallest absolute Gasteiger partial charge is 0.221 e. The summed E-state index contributed by atoms with van der Waals surface area (Å²) in [5, 5.41) is 6.10. The molecule has 1 rings (SSSR count). The molecule has 1 aliphatic rings. The Balaban J connectivity index is 1.85. The van der Waals surface area contributed by atoms with Crippen molar-refractivity contribution >= 4 is 5.91 Å². The van der Waals surface area contributed by atoms with Gasteiger partial charge in [-0.25, -0.2) is 0 Å². The zero-order valence-electron chi connectivity index (χ0n) is 11.1. The highest BCUT2D eigenvalue weighted by molar-refractivity contribution is 5.76. The lowest BCUT2D eigenvalue weighted by Gasteiger charge is -2.12. The first-order valence-electron chi connectivity index (χ1n) is 6.80. The van der Waals surface area contributed by atoms with Crippen molar-refractivity contribution in [3.63, 3.8) is 0 Å². The van der Waals surface area contributed by atoms with E-state index in [4.69, 9.17) is 4.74 Å². The molecule has 0 aromatic carbocycles. The molecule has 100 valence electrons. The van der Waals surface area contributed by atoms with Crippen LogP contribution < -0.4 is 10.6 Å². The predicted molar refractivity (Wildman–Crippen MR) is 69.0 cm³/mol. The Morgan fingerprint density at radius 2 is 2.00 bits per heavy atom. The van der Waals surface area contributed by atoms with Crippen LogP contribution in [0, 0.1) is 0 Å². The van der Waals surface area contributed by atoms with E-state index in [-0.39, 0.29) is 11.9 Å². The van der Waals surface area contributed by atoms with E-state index in [1.165, 1.54) is 25.7 Å². The normalized spacial score (nSPS) is 16.6. The van der Waals surface area contributed by atoms with Gasteiger partial charge in [0.25, 0.3) is 0 Å². The third-order valence-electron chi connectivity index (χ3n) is 2.91. The van der Waals surface area contributed by atoms with Gasteiger partial charge in [-0.2, -0.15) is 0 Å². The summed E-state index contributed by atoms with van der Waals surface area (Å²) in [5.74, 6) is 0.115. The van der Waals surface area contributed by atoms with E-state index in [1.807, 2.05) is 13.8 Å². The first-order chi connectivity index (χ1) is 8.18. The topological polar surface area (TPSA) is 50.4 Å². The lowest BCUT2D eigenvalue weighted by molar-refractivity contribution is -0.121. The maximum Gasteiger partial charge on any atom is 0.221 e. The van der Waals surface area contributed by atoms with Gasteiger partial charge in [-0.15, -0.1) is 0 Å². The molecule has 0 bridgehead atoms. The summed E-state index contributed by atoms with van der Waals surface area (Å²) in [6.45, 7) is 6.27. The highest BCUT2D eigenvalue weighted by atomic mass is 16.5. The van der Waals surface area contributed by atoms with Crippen molar-refractivity contribution < 1.29 is 9.53 Å². The van der Waals surface area contributed by atoms with E-state index >= 15 is 0 Å². The minimum atomic E-state index is 0.115. The summed E-state index contributed by atoms with van der Waals surface area (Å²) in [5.41, 5.74) is 0. The molecule has 17 heavy (non-hydrogen) atoms. The zero-order chi connectivity index (χ0) is 12.5. The van der Waals surface area contributed by atoms with E-state index < -0.39 is 0 Å². The molecule has 1 aliphatic carbocycles. The summed E-state index contributed by atoms with van der Waals surface area (Å²) in [7, 11) is 0. The van der Waals surface area contributed by atoms with Crippen molar-refractivity contribution in [3.8, 4) is 0 Å². The molecule has 0 spiro atoms. The second-order valence-electron chi connectivity index (χ2n) is 5.00. The third-order valence-corrected chi connectivity index (χ3v) is 2.91. The molecule has 0 unspecified atom stereocenters. The first-order valence-corrected chi connectivity index (χ1v) is 6.80. The number of nitrogens with one attached hydrogen (secondary N) is 2. The van der Waals surface area contributed by atoms with Gasteiger partial charge in [-0.3, -0.25) is 4.79 Å². The Kier molecular flexibility index (Phi) is 7.21. The highest BCUT2D eigenvalue weighted by Gasteiger charge is 2.14. The van der Waals surface area contributed by atoms with Crippen LogP contribution in [0.4, 0.5) is 0 Å². The molecule has 0 saturated heterocycles. The first kappa shape index (κ1) is 14.5. The number of hydrogen-bond acceptors (Lipinski definition) is 3. The van der Waals surface area contributed by atoms with Gasteiger partial charge in [-0.05, 0) is 26.7 Å². The molecule has 0 atom stereocenters. The average Bonchev–Trinajstić information content (AvgIpc) is 2.75. The standard InChI is InChI=1S/C13H26N2O2/c1-11(2)15-13(16)7-8-14-9-10-17-12-5-3-4-6-12/h11-12,14H,3-10H2,1-2H3,(H,15,16). The molecule has 1 amide bonds. The molecular formula is C13H26N2O2. The largest absolute Gasteiger partial charge is 0.377 e. The summed E-state index contributed by atoms with van der Waals surface area (Å²) < 4.78 is 5.71. The molecular weight excluding hydrogens is 216 g/mol. The van der Waals surface area contributed by atoms with Crippen molar-refractivity contribution in [1.29, 1.82) is 0 Å². The molecule has 4 heteroatoms. The molecule has 0 aromatic heterocycles. The van der Waals surface area contributed by atoms with Gasteiger partial charge in [0, 0.05) is 25.6 Å². The second kappa shape index (κ2) is 8.48. The quantitative estimate of drug-likeness (QED) is 0.633. The number of rotatable bonds is 8. The fraction of sp³-hybridized carbons (Fsp3) is 0.923. The fourth-order valence-corrected chi connectivity index (χ4v) is 2.07. The lowest BCUT2D eigenvalue weighted by atomic mass is 10.3. The molecule has 0 radical (unpaired) electrons. The van der Waals surface area contributed by atoms with Crippen LogP contribution in [0.15, 0.2) is 0 Å². The van der Waals surface area contributed by atoms with Crippen molar-refractivity contribution in [2.45, 2.75) is 58.1 Å². The molecule has 4 nitrogen and oxygen atoms in total. The average molecular weight is 242 g/mol. The monoisotopic (exact) mass is 242 g/mol. The van der Waals surface area contributed by atoms with Gasteiger partial charge in [0.15, 0.2) is 0 Å². The van der Waals surface area contributed by atoms with Crippen LogP contribution in [0.25, 0.3) is 0 Å². The number of hydrogen-bond donors (Lipinski definition) is 2. The van der Waals surface area contributed by atoms with Crippen LogP contribution >= 0.6 is 0 Å². The lowest BCUT2D eigenvalue weighted by Crippen LogP contribution is -2.33. The maximum absolute atomic E-state index is 11.3. The SMILES string of the molecule is CC(C)NC(=O)CCNCCOC1CCCC1. The summed E-state index contributed by atoms with van der Waals surface area (Å²) >= 11 is 0. The van der Waals surface area contributed by atoms with E-state index in [1.54, 1.807) is 0 Å². The van der Waals surface area contributed by atoms with Gasteiger partial charge < -0.3 is 15.4 Å². The van der Waals surface area contributed by atoms with Gasteiger partial charge in [0.2, 0.25) is 5.91 Å². The molecule has 1 fully saturated rings. The molecule has 1 saturated carbocycles. The summed E-state index contributed by atoms with van der Waals surface area (Å²) in [6.07, 6.45) is 6.09. The molecule has 0 aromatic rings. The van der Waals surface area contributed by atoms with Gasteiger partial charge in [0.1, 0.15) is 0 Å². The number of carbonyl (C=O) groups excluding carboxylic acids is 1. The van der Waals surface area contributed by atoms with Crippen molar-refractivity contribution in [2.75, 3.05) is 19.7 Å². The van der Waals surface area contributed by atoms with E-state index in [2.05, 4.69) is 10.6 Å². The van der Waals surface area contributed by atoms with Crippen LogP contribution in [0.5, 0.6) is 0 Å². The minimum absolute atomic E-state index is 0.115. The second-order valence-corrected chi connectivity index (χ2v) is 5.00. The Morgan fingerprint density at radius 3 is 2.65 bits per heavy atom. The Hall–Kier alpha value is -0.610. The number of ether oxygens (including phenoxy) is 1. The molecule has 2 N–H and O–H groups in total. The Morgan fingerprint density at radius 1 is 1.29 bits per heavy atom. The highest BCUT2D eigenvalue weighted by Crippen LogP contribution is 2.20. The summed E-state index contributed by atoms with van der Waals surface area (Å²) in [6, 6.07) is 0.230. The van der Waals surface area contributed by atoms with Gasteiger partial charge >= 0.3 is 0 Å². The van der Waals surface area contributed by atoms with Gasteiger partial charge in [-0.1, -0.05) is 12.8 Å². The summed E-state index contributed by atoms with van der Waals surface area (Å²) in [4.78, 5) is 11.3. The van der Waals surface area contributed by atoms with E-state index in [0.29, 0.717) is 12.5 Å². The number of amides is 1. The van der Waals surface area contributed by atoms with E-state index in [9.17, 15) is 4.79 Å².